The van der Waals surface area contributed by atoms with E-state index < -0.39 is 5.82 Å². The first kappa shape index (κ1) is 22.3. The number of hydrogen-bond acceptors (Lipinski definition) is 6. The maximum absolute atomic E-state index is 15.2. The normalized spacial score (nSPS) is 13.7. The molecule has 188 valence electrons. The van der Waals surface area contributed by atoms with E-state index >= 15 is 4.39 Å². The number of carbonyl (C=O) groups is 1. The van der Waals surface area contributed by atoms with Crippen molar-refractivity contribution >= 4 is 33.7 Å². The highest BCUT2D eigenvalue weighted by Gasteiger charge is 2.25. The Morgan fingerprint density at radius 2 is 2.08 bits per heavy atom. The summed E-state index contributed by atoms with van der Waals surface area (Å²) in [7, 11) is 0. The molecule has 7 rings (SSSR count). The largest absolute Gasteiger partial charge is 0.333 e. The van der Waals surface area contributed by atoms with E-state index in [1.807, 2.05) is 23.8 Å². The molecule has 0 aliphatic heterocycles. The minimum Gasteiger partial charge on any atom is -0.333 e. The van der Waals surface area contributed by atoms with Gasteiger partial charge in [0.2, 0.25) is 5.91 Å². The molecule has 1 aliphatic carbocycles. The average molecular weight is 508 g/mol. The van der Waals surface area contributed by atoms with Gasteiger partial charge in [-0.1, -0.05) is 6.42 Å². The lowest BCUT2D eigenvalue weighted by Crippen LogP contribution is -2.28. The summed E-state index contributed by atoms with van der Waals surface area (Å²) in [6.45, 7) is 1.92. The van der Waals surface area contributed by atoms with Gasteiger partial charge in [0.15, 0.2) is 11.5 Å². The number of benzene rings is 1. The van der Waals surface area contributed by atoms with Gasteiger partial charge >= 0.3 is 0 Å². The van der Waals surface area contributed by atoms with Crippen molar-refractivity contribution in [2.24, 2.45) is 5.92 Å². The molecule has 1 aromatic carbocycles. The molecule has 5 heterocycles. The number of aromatic amines is 2. The molecule has 5 aromatic heterocycles. The fourth-order valence-corrected chi connectivity index (χ4v) is 4.79. The van der Waals surface area contributed by atoms with Crippen LogP contribution in [0.2, 0.25) is 0 Å². The molecule has 1 amide bonds. The Hall–Kier alpha value is -4.93. The lowest BCUT2D eigenvalue weighted by molar-refractivity contribution is -0.122. The molecule has 0 atom stereocenters. The summed E-state index contributed by atoms with van der Waals surface area (Å²) in [6.07, 6.45) is 11.4. The Bertz CT molecular complexity index is 1850. The molecule has 6 aromatic rings. The van der Waals surface area contributed by atoms with E-state index in [0.717, 1.165) is 36.2 Å². The Morgan fingerprint density at radius 3 is 2.87 bits per heavy atom. The van der Waals surface area contributed by atoms with Gasteiger partial charge in [0.25, 0.3) is 0 Å². The van der Waals surface area contributed by atoms with Crippen LogP contribution in [0.1, 0.15) is 25.0 Å². The van der Waals surface area contributed by atoms with Crippen molar-refractivity contribution in [1.29, 1.82) is 0 Å². The number of carbonyl (C=O) groups excluding carboxylic acids is 1. The molecule has 1 aliphatic rings. The Labute approximate surface area is 215 Å². The second kappa shape index (κ2) is 8.58. The number of fused-ring (bicyclic) bond motifs is 2. The molecular weight excluding hydrogens is 485 g/mol. The van der Waals surface area contributed by atoms with E-state index in [0.29, 0.717) is 44.9 Å². The molecule has 0 bridgehead atoms. The maximum atomic E-state index is 15.2. The molecule has 10 nitrogen and oxygen atoms in total. The third-order valence-electron chi connectivity index (χ3n) is 7.03. The van der Waals surface area contributed by atoms with Gasteiger partial charge in [-0.2, -0.15) is 5.10 Å². The number of amides is 1. The van der Waals surface area contributed by atoms with Crippen LogP contribution in [-0.2, 0) is 4.79 Å². The molecule has 1 saturated carbocycles. The first-order valence-electron chi connectivity index (χ1n) is 12.3. The van der Waals surface area contributed by atoms with Gasteiger partial charge in [0.05, 0.1) is 35.1 Å². The maximum Gasteiger partial charge on any atom is 0.227 e. The molecule has 3 N–H and O–H groups in total. The lowest BCUT2D eigenvalue weighted by atomic mass is 9.85. The summed E-state index contributed by atoms with van der Waals surface area (Å²) < 4.78 is 17.1. The zero-order valence-electron chi connectivity index (χ0n) is 20.4. The topological polar surface area (TPSA) is 130 Å². The molecule has 11 heteroatoms. The smallest absolute Gasteiger partial charge is 0.227 e. The van der Waals surface area contributed by atoms with Crippen molar-refractivity contribution in [3.8, 4) is 28.3 Å². The van der Waals surface area contributed by atoms with Crippen LogP contribution < -0.4 is 5.32 Å². The fraction of sp³-hybridized carbons (Fsp3) is 0.185. The van der Waals surface area contributed by atoms with Crippen LogP contribution in [0.4, 0.5) is 10.1 Å². The van der Waals surface area contributed by atoms with E-state index in [1.54, 1.807) is 37.1 Å². The second-order valence-corrected chi connectivity index (χ2v) is 9.57. The highest BCUT2D eigenvalue weighted by molar-refractivity contribution is 5.97. The van der Waals surface area contributed by atoms with Crippen molar-refractivity contribution in [2.75, 3.05) is 5.32 Å². The number of aryl methyl sites for hydroxylation is 1. The van der Waals surface area contributed by atoms with Crippen LogP contribution in [0.25, 0.3) is 50.4 Å². The average Bonchev–Trinajstić information content (AvgIpc) is 3.59. The van der Waals surface area contributed by atoms with Gasteiger partial charge in [0.1, 0.15) is 17.0 Å². The van der Waals surface area contributed by atoms with Gasteiger partial charge in [0, 0.05) is 47.1 Å². The van der Waals surface area contributed by atoms with Crippen molar-refractivity contribution in [1.82, 2.24) is 39.7 Å². The number of halogens is 1. The number of imidazole rings is 2. The first-order valence-corrected chi connectivity index (χ1v) is 12.3. The predicted molar refractivity (Wildman–Crippen MR) is 140 cm³/mol. The minimum atomic E-state index is -0.430. The SMILES string of the molecule is Cc1cn(-c2ccnc3nc(-c4n[nH]c5cc(F)c(-c6cncc(NC(=O)C7CCC7)c6)cc45)[nH]c23)cn1. The van der Waals surface area contributed by atoms with E-state index in [-0.39, 0.29) is 11.8 Å². The number of nitrogens with one attached hydrogen (secondary N) is 3. The number of aromatic nitrogens is 8. The van der Waals surface area contributed by atoms with Gasteiger partial charge in [-0.3, -0.25) is 14.9 Å². The summed E-state index contributed by atoms with van der Waals surface area (Å²) in [4.78, 5) is 33.3. The van der Waals surface area contributed by atoms with Crippen LogP contribution >= 0.6 is 0 Å². The zero-order valence-corrected chi connectivity index (χ0v) is 20.4. The van der Waals surface area contributed by atoms with Crippen molar-refractivity contribution in [3.05, 3.63) is 66.9 Å². The summed E-state index contributed by atoms with van der Waals surface area (Å²) in [5, 5.41) is 10.9. The van der Waals surface area contributed by atoms with Crippen LogP contribution in [-0.4, -0.2) is 45.6 Å². The van der Waals surface area contributed by atoms with Gasteiger partial charge in [-0.25, -0.2) is 19.3 Å². The Balaban J connectivity index is 1.29. The first-order chi connectivity index (χ1) is 18.5. The number of nitrogens with zero attached hydrogens (tertiary/aromatic N) is 6. The predicted octanol–water partition coefficient (Wildman–Crippen LogP) is 4.94. The van der Waals surface area contributed by atoms with E-state index in [2.05, 4.69) is 40.4 Å². The quantitative estimate of drug-likeness (QED) is 0.303. The minimum absolute atomic E-state index is 0.0213. The highest BCUT2D eigenvalue weighted by atomic mass is 19.1. The Morgan fingerprint density at radius 1 is 1.18 bits per heavy atom. The highest BCUT2D eigenvalue weighted by Crippen LogP contribution is 2.34. The second-order valence-electron chi connectivity index (χ2n) is 9.57. The van der Waals surface area contributed by atoms with Gasteiger partial charge in [-0.15, -0.1) is 0 Å². The molecule has 0 unspecified atom stereocenters. The van der Waals surface area contributed by atoms with Crippen LogP contribution in [0.5, 0.6) is 0 Å². The van der Waals surface area contributed by atoms with E-state index in [4.69, 9.17) is 0 Å². The van der Waals surface area contributed by atoms with Crippen molar-refractivity contribution in [2.45, 2.75) is 26.2 Å². The van der Waals surface area contributed by atoms with Gasteiger partial charge in [-0.05, 0) is 38.0 Å². The van der Waals surface area contributed by atoms with Crippen molar-refractivity contribution in [3.63, 3.8) is 0 Å². The number of anilines is 1. The van der Waals surface area contributed by atoms with Crippen LogP contribution in [0.3, 0.4) is 0 Å². The fourth-order valence-electron chi connectivity index (χ4n) is 4.79. The number of rotatable bonds is 5. The monoisotopic (exact) mass is 507 g/mol. The molecular formula is C27H22FN9O. The summed E-state index contributed by atoms with van der Waals surface area (Å²) in [6, 6.07) is 6.74. The Kier molecular flexibility index (Phi) is 5.03. The molecule has 1 fully saturated rings. The summed E-state index contributed by atoms with van der Waals surface area (Å²) >= 11 is 0. The molecule has 0 saturated heterocycles. The standard InChI is InChI=1S/C27H22FN9O/c1-14-12-37(13-31-14)22-5-6-30-25-24(22)33-26(34-25)23-19-8-18(20(28)9-21(19)35-36-23)16-7-17(11-29-10-16)32-27(38)15-3-2-4-15/h5-13,15H,2-4H2,1H3,(H,32,38)(H,35,36)(H,30,33,34). The van der Waals surface area contributed by atoms with E-state index in [1.165, 1.54) is 6.07 Å². The third kappa shape index (κ3) is 3.71. The van der Waals surface area contributed by atoms with Gasteiger partial charge < -0.3 is 14.9 Å². The molecule has 0 spiro atoms. The van der Waals surface area contributed by atoms with Crippen LogP contribution in [0, 0.1) is 18.7 Å². The molecule has 0 radical (unpaired) electrons. The van der Waals surface area contributed by atoms with E-state index in [9.17, 15) is 4.79 Å². The third-order valence-corrected chi connectivity index (χ3v) is 7.03. The summed E-state index contributed by atoms with van der Waals surface area (Å²) in [5.41, 5.74) is 5.51. The lowest BCUT2D eigenvalue weighted by Gasteiger charge is -2.24. The number of hydrogen-bond donors (Lipinski definition) is 3. The summed E-state index contributed by atoms with van der Waals surface area (Å²) in [5.74, 6) is 0.0880. The zero-order chi connectivity index (χ0) is 25.8. The van der Waals surface area contributed by atoms with Crippen molar-refractivity contribution < 1.29 is 9.18 Å². The molecule has 38 heavy (non-hydrogen) atoms. The number of H-pyrrole nitrogens is 2. The number of pyridine rings is 2. The van der Waals surface area contributed by atoms with Crippen LogP contribution in [0.15, 0.2) is 55.4 Å².